The van der Waals surface area contributed by atoms with E-state index in [1.165, 1.54) is 4.90 Å². The van der Waals surface area contributed by atoms with Crippen LogP contribution in [0.4, 0.5) is 14.5 Å². The van der Waals surface area contributed by atoms with E-state index in [0.29, 0.717) is 55.2 Å². The Morgan fingerprint density at radius 1 is 1.06 bits per heavy atom. The Morgan fingerprint density at radius 2 is 1.74 bits per heavy atom. The molecule has 0 atom stereocenters. The highest BCUT2D eigenvalue weighted by Gasteiger charge is 2.26. The number of hydrogen-bond acceptors (Lipinski definition) is 5. The van der Waals surface area contributed by atoms with Crippen molar-refractivity contribution in [2.45, 2.75) is 53.0 Å². The average Bonchev–Trinajstić information content (AvgIpc) is 3.24. The second-order valence-electron chi connectivity index (χ2n) is 9.31. The molecule has 0 radical (unpaired) electrons. The van der Waals surface area contributed by atoms with Crippen molar-refractivity contribution in [3.63, 3.8) is 0 Å². The summed E-state index contributed by atoms with van der Waals surface area (Å²) in [6, 6.07) is 3.79. The molecule has 1 aromatic heterocycles. The second-order valence-corrected chi connectivity index (χ2v) is 9.31. The molecule has 2 aromatic rings. The number of rotatable bonds is 4. The number of aromatic nitrogens is 1. The molecular weight excluding hydrogens is 442 g/mol. The lowest BCUT2D eigenvalue weighted by Gasteiger charge is -2.30. The van der Waals surface area contributed by atoms with Crippen molar-refractivity contribution in [2.75, 3.05) is 38.1 Å². The number of amides is 2. The average molecular weight is 477 g/mol. The molecule has 186 valence electrons. The van der Waals surface area contributed by atoms with Crippen molar-refractivity contribution in [1.29, 1.82) is 0 Å². The van der Waals surface area contributed by atoms with Crippen molar-refractivity contribution in [3.8, 4) is 0 Å². The third kappa shape index (κ3) is 6.40. The van der Waals surface area contributed by atoms with Gasteiger partial charge in [0.2, 0.25) is 11.7 Å². The Morgan fingerprint density at radius 3 is 2.41 bits per heavy atom. The van der Waals surface area contributed by atoms with Gasteiger partial charge in [-0.3, -0.25) is 9.59 Å². The summed E-state index contributed by atoms with van der Waals surface area (Å²) in [7, 11) is 1.99. The van der Waals surface area contributed by atoms with E-state index < -0.39 is 11.6 Å². The third-order valence-electron chi connectivity index (χ3n) is 5.94. The quantitative estimate of drug-likeness (QED) is 0.660. The van der Waals surface area contributed by atoms with Gasteiger partial charge in [-0.05, 0) is 56.9 Å². The molecule has 0 fully saturated rings. The van der Waals surface area contributed by atoms with Gasteiger partial charge in [-0.15, -0.1) is 0 Å². The zero-order valence-electron chi connectivity index (χ0n) is 20.4. The van der Waals surface area contributed by atoms with Crippen molar-refractivity contribution in [1.82, 2.24) is 15.0 Å². The molecule has 9 heteroatoms. The second kappa shape index (κ2) is 11.6. The van der Waals surface area contributed by atoms with E-state index in [4.69, 9.17) is 4.52 Å². The van der Waals surface area contributed by atoms with Gasteiger partial charge in [0.1, 0.15) is 0 Å². The lowest BCUT2D eigenvalue weighted by Crippen LogP contribution is -2.38. The standard InChI is InChI=1S/C25H34F2N4O3/c1-5-24(32)31-11-7-9-29(4)8-6-10-30(16-18-13-20(26)21(27)15-22(18)31)25(33)23-14-19(28-34-23)12-17(2)3/h13-15,17H,5-12,16H2,1-4H3. The number of carbonyl (C=O) groups is 2. The van der Waals surface area contributed by atoms with Crippen LogP contribution in [0.2, 0.25) is 0 Å². The first-order valence-corrected chi connectivity index (χ1v) is 11.9. The summed E-state index contributed by atoms with van der Waals surface area (Å²) in [5.41, 5.74) is 1.37. The molecule has 0 N–H and O–H groups in total. The molecule has 0 bridgehead atoms. The molecule has 1 aromatic carbocycles. The van der Waals surface area contributed by atoms with Crippen molar-refractivity contribution < 1.29 is 22.9 Å². The summed E-state index contributed by atoms with van der Waals surface area (Å²) in [5.74, 6) is -2.12. The molecule has 0 spiro atoms. The molecule has 34 heavy (non-hydrogen) atoms. The molecule has 1 aliphatic rings. The monoisotopic (exact) mass is 476 g/mol. The smallest absolute Gasteiger partial charge is 0.292 e. The fourth-order valence-corrected chi connectivity index (χ4v) is 4.21. The van der Waals surface area contributed by atoms with Gasteiger partial charge in [-0.25, -0.2) is 8.78 Å². The number of anilines is 1. The largest absolute Gasteiger partial charge is 0.351 e. The first kappa shape index (κ1) is 25.8. The predicted molar refractivity (Wildman–Crippen MR) is 126 cm³/mol. The Bertz CT molecular complexity index is 1010. The first-order chi connectivity index (χ1) is 16.2. The predicted octanol–water partition coefficient (Wildman–Crippen LogP) is 4.26. The van der Waals surface area contributed by atoms with Crippen LogP contribution in [0, 0.1) is 17.6 Å². The van der Waals surface area contributed by atoms with Crippen LogP contribution in [0.3, 0.4) is 0 Å². The zero-order chi connectivity index (χ0) is 24.8. The Kier molecular flexibility index (Phi) is 8.77. The summed E-state index contributed by atoms with van der Waals surface area (Å²) in [5, 5.41) is 4.01. The van der Waals surface area contributed by atoms with Gasteiger partial charge < -0.3 is 19.2 Å². The van der Waals surface area contributed by atoms with Gasteiger partial charge in [0, 0.05) is 38.2 Å². The van der Waals surface area contributed by atoms with Crippen LogP contribution in [0.5, 0.6) is 0 Å². The lowest BCUT2D eigenvalue weighted by molar-refractivity contribution is -0.118. The molecule has 0 saturated heterocycles. The van der Waals surface area contributed by atoms with Crippen LogP contribution >= 0.6 is 0 Å². The Balaban J connectivity index is 2.00. The number of nitrogens with zero attached hydrogens (tertiary/aromatic N) is 4. The van der Waals surface area contributed by atoms with E-state index in [9.17, 15) is 18.4 Å². The first-order valence-electron chi connectivity index (χ1n) is 11.9. The van der Waals surface area contributed by atoms with Gasteiger partial charge in [-0.1, -0.05) is 25.9 Å². The van der Waals surface area contributed by atoms with Gasteiger partial charge in [0.15, 0.2) is 11.6 Å². The lowest BCUT2D eigenvalue weighted by atomic mass is 10.1. The maximum absolute atomic E-state index is 14.3. The van der Waals surface area contributed by atoms with E-state index in [-0.39, 0.29) is 30.5 Å². The summed E-state index contributed by atoms with van der Waals surface area (Å²) in [6.45, 7) is 8.12. The molecule has 0 aliphatic carbocycles. The van der Waals surface area contributed by atoms with Gasteiger partial charge in [-0.2, -0.15) is 0 Å². The maximum atomic E-state index is 14.3. The van der Waals surface area contributed by atoms with Gasteiger partial charge >= 0.3 is 0 Å². The van der Waals surface area contributed by atoms with Crippen LogP contribution in [0.1, 0.15) is 61.8 Å². The van der Waals surface area contributed by atoms with E-state index >= 15 is 0 Å². The highest BCUT2D eigenvalue weighted by molar-refractivity contribution is 5.94. The number of carbonyl (C=O) groups excluding carboxylic acids is 2. The Labute approximate surface area is 199 Å². The molecular formula is C25H34F2N4O3. The fourth-order valence-electron chi connectivity index (χ4n) is 4.21. The zero-order valence-corrected chi connectivity index (χ0v) is 20.4. The van der Waals surface area contributed by atoms with Crippen molar-refractivity contribution in [3.05, 3.63) is 46.9 Å². The minimum atomic E-state index is -1.02. The van der Waals surface area contributed by atoms with Crippen LogP contribution in [-0.2, 0) is 17.8 Å². The van der Waals surface area contributed by atoms with E-state index in [0.717, 1.165) is 25.2 Å². The summed E-state index contributed by atoms with van der Waals surface area (Å²) in [6.07, 6.45) is 2.31. The van der Waals surface area contributed by atoms with Crippen molar-refractivity contribution >= 4 is 17.5 Å². The molecule has 3 rings (SSSR count). The normalized spacial score (nSPS) is 16.2. The summed E-state index contributed by atoms with van der Waals surface area (Å²) in [4.78, 5) is 31.3. The van der Waals surface area contributed by atoms with Crippen LogP contribution < -0.4 is 4.90 Å². The molecule has 1 aliphatic heterocycles. The highest BCUT2D eigenvalue weighted by atomic mass is 19.2. The molecule has 0 saturated carbocycles. The minimum absolute atomic E-state index is 0.0167. The van der Waals surface area contributed by atoms with Gasteiger partial charge in [0.25, 0.3) is 5.91 Å². The number of fused-ring (bicyclic) bond motifs is 1. The fraction of sp³-hybridized carbons (Fsp3) is 0.560. The number of halogens is 2. The van der Waals surface area contributed by atoms with Crippen LogP contribution in [0.15, 0.2) is 22.7 Å². The maximum Gasteiger partial charge on any atom is 0.292 e. The summed E-state index contributed by atoms with van der Waals surface area (Å²) >= 11 is 0. The van der Waals surface area contributed by atoms with Crippen molar-refractivity contribution in [2.24, 2.45) is 5.92 Å². The third-order valence-corrected chi connectivity index (χ3v) is 5.94. The molecule has 0 unspecified atom stereocenters. The van der Waals surface area contributed by atoms with Crippen LogP contribution in [0.25, 0.3) is 0 Å². The minimum Gasteiger partial charge on any atom is -0.351 e. The molecule has 2 amide bonds. The van der Waals surface area contributed by atoms with E-state index in [1.807, 2.05) is 7.05 Å². The molecule has 7 nitrogen and oxygen atoms in total. The summed E-state index contributed by atoms with van der Waals surface area (Å²) < 4.78 is 33.9. The topological polar surface area (TPSA) is 69.9 Å². The SMILES string of the molecule is CCC(=O)N1CCCN(C)CCCN(C(=O)c2cc(CC(C)C)no2)Cc2cc(F)c(F)cc21. The highest BCUT2D eigenvalue weighted by Crippen LogP contribution is 2.28. The number of hydrogen-bond donors (Lipinski definition) is 0. The van der Waals surface area contributed by atoms with Crippen LogP contribution in [-0.4, -0.2) is 60.0 Å². The Hall–Kier alpha value is -2.81. The van der Waals surface area contributed by atoms with E-state index in [2.05, 4.69) is 23.9 Å². The molecule has 2 heterocycles. The van der Waals surface area contributed by atoms with Gasteiger partial charge in [0.05, 0.1) is 11.4 Å². The number of benzene rings is 1. The van der Waals surface area contributed by atoms with E-state index in [1.54, 1.807) is 17.9 Å².